The average molecular weight is 259 g/mol. The standard InChI is InChI=1S/C10H11ClN2O2S/c11-9-3-6(16-7-4-15-5-7)1-2-8(9)10(12)13-14/h1-3,7,14H,4-5H2,(H2,12,13). The summed E-state index contributed by atoms with van der Waals surface area (Å²) in [5.41, 5.74) is 6.01. The predicted molar refractivity (Wildman–Crippen MR) is 64.4 cm³/mol. The Labute approximate surface area is 102 Å². The summed E-state index contributed by atoms with van der Waals surface area (Å²) in [5.74, 6) is 0.0218. The van der Waals surface area contributed by atoms with Gasteiger partial charge < -0.3 is 15.7 Å². The third kappa shape index (κ3) is 2.42. The van der Waals surface area contributed by atoms with Crippen LogP contribution in [0.2, 0.25) is 5.02 Å². The van der Waals surface area contributed by atoms with E-state index in [-0.39, 0.29) is 5.84 Å². The van der Waals surface area contributed by atoms with Gasteiger partial charge in [0.15, 0.2) is 5.84 Å². The van der Waals surface area contributed by atoms with Crippen LogP contribution in [-0.2, 0) is 4.74 Å². The van der Waals surface area contributed by atoms with Gasteiger partial charge in [0.2, 0.25) is 0 Å². The predicted octanol–water partition coefficient (Wildman–Crippen LogP) is 1.93. The van der Waals surface area contributed by atoms with Crippen LogP contribution in [0, 0.1) is 0 Å². The van der Waals surface area contributed by atoms with E-state index in [0.717, 1.165) is 18.1 Å². The number of ether oxygens (including phenoxy) is 1. The number of hydrogen-bond acceptors (Lipinski definition) is 4. The van der Waals surface area contributed by atoms with Crippen molar-refractivity contribution in [3.8, 4) is 0 Å². The SMILES string of the molecule is NC(=NO)c1ccc(SC2COC2)cc1Cl. The molecule has 3 N–H and O–H groups in total. The molecule has 2 rings (SSSR count). The van der Waals surface area contributed by atoms with Crippen LogP contribution < -0.4 is 5.73 Å². The van der Waals surface area contributed by atoms with Gasteiger partial charge in [0.05, 0.1) is 23.5 Å². The summed E-state index contributed by atoms with van der Waals surface area (Å²) < 4.78 is 5.09. The van der Waals surface area contributed by atoms with Gasteiger partial charge in [0.25, 0.3) is 0 Å². The lowest BCUT2D eigenvalue weighted by molar-refractivity contribution is 0.0455. The zero-order valence-corrected chi connectivity index (χ0v) is 9.96. The number of thioether (sulfide) groups is 1. The van der Waals surface area contributed by atoms with Gasteiger partial charge in [-0.05, 0) is 18.2 Å². The van der Waals surface area contributed by atoms with Gasteiger partial charge in [-0.2, -0.15) is 0 Å². The van der Waals surface area contributed by atoms with E-state index in [0.29, 0.717) is 15.8 Å². The molecule has 0 atom stereocenters. The Morgan fingerprint density at radius 1 is 1.56 bits per heavy atom. The molecular formula is C10H11ClN2O2S. The first-order chi connectivity index (χ1) is 7.70. The Balaban J connectivity index is 2.15. The van der Waals surface area contributed by atoms with E-state index in [1.165, 1.54) is 0 Å². The maximum atomic E-state index is 8.56. The lowest BCUT2D eigenvalue weighted by atomic mass is 10.2. The second-order valence-corrected chi connectivity index (χ2v) is 5.19. The molecule has 1 aliphatic heterocycles. The molecule has 6 heteroatoms. The molecule has 0 amide bonds. The van der Waals surface area contributed by atoms with Gasteiger partial charge >= 0.3 is 0 Å². The third-order valence-corrected chi connectivity index (χ3v) is 3.68. The van der Waals surface area contributed by atoms with Crippen molar-refractivity contribution in [1.82, 2.24) is 0 Å². The summed E-state index contributed by atoms with van der Waals surface area (Å²) in [5, 5.41) is 12.5. The molecule has 1 aromatic rings. The first-order valence-electron chi connectivity index (χ1n) is 4.72. The van der Waals surface area contributed by atoms with E-state index in [2.05, 4.69) is 5.16 Å². The molecule has 0 aliphatic carbocycles. The van der Waals surface area contributed by atoms with Gasteiger partial charge in [-0.3, -0.25) is 0 Å². The highest BCUT2D eigenvalue weighted by molar-refractivity contribution is 8.00. The van der Waals surface area contributed by atoms with Crippen LogP contribution in [0.1, 0.15) is 5.56 Å². The number of benzene rings is 1. The van der Waals surface area contributed by atoms with Crippen molar-refractivity contribution in [2.24, 2.45) is 10.9 Å². The zero-order chi connectivity index (χ0) is 11.5. The molecule has 0 spiro atoms. The molecule has 0 saturated carbocycles. The van der Waals surface area contributed by atoms with Gasteiger partial charge in [-0.15, -0.1) is 11.8 Å². The molecule has 0 unspecified atom stereocenters. The smallest absolute Gasteiger partial charge is 0.171 e. The number of amidine groups is 1. The maximum Gasteiger partial charge on any atom is 0.171 e. The molecular weight excluding hydrogens is 248 g/mol. The summed E-state index contributed by atoms with van der Waals surface area (Å²) in [7, 11) is 0. The molecule has 0 radical (unpaired) electrons. The Hall–Kier alpha value is -0.910. The molecule has 16 heavy (non-hydrogen) atoms. The van der Waals surface area contributed by atoms with Crippen LogP contribution in [0.25, 0.3) is 0 Å². The monoisotopic (exact) mass is 258 g/mol. The summed E-state index contributed by atoms with van der Waals surface area (Å²) in [6, 6.07) is 5.47. The quantitative estimate of drug-likeness (QED) is 0.376. The van der Waals surface area contributed by atoms with Crippen LogP contribution in [0.15, 0.2) is 28.3 Å². The van der Waals surface area contributed by atoms with Crippen LogP contribution in [0.3, 0.4) is 0 Å². The molecule has 1 fully saturated rings. The topological polar surface area (TPSA) is 67.8 Å². The molecule has 0 bridgehead atoms. The largest absolute Gasteiger partial charge is 0.409 e. The first kappa shape index (κ1) is 11.6. The van der Waals surface area contributed by atoms with E-state index < -0.39 is 0 Å². The van der Waals surface area contributed by atoms with Crippen molar-refractivity contribution in [2.45, 2.75) is 10.1 Å². The highest BCUT2D eigenvalue weighted by Crippen LogP contribution is 2.30. The van der Waals surface area contributed by atoms with Crippen molar-refractivity contribution in [3.63, 3.8) is 0 Å². The molecule has 1 saturated heterocycles. The van der Waals surface area contributed by atoms with Crippen molar-refractivity contribution < 1.29 is 9.94 Å². The number of halogens is 1. The first-order valence-corrected chi connectivity index (χ1v) is 5.98. The Morgan fingerprint density at radius 3 is 2.81 bits per heavy atom. The van der Waals surface area contributed by atoms with Gasteiger partial charge in [-0.1, -0.05) is 16.8 Å². The maximum absolute atomic E-state index is 8.56. The Bertz CT molecular complexity index is 421. The minimum absolute atomic E-state index is 0.0218. The summed E-state index contributed by atoms with van der Waals surface area (Å²) >= 11 is 7.75. The number of nitrogens with zero attached hydrogens (tertiary/aromatic N) is 1. The molecule has 86 valence electrons. The highest BCUT2D eigenvalue weighted by Gasteiger charge is 2.19. The summed E-state index contributed by atoms with van der Waals surface area (Å²) in [6.07, 6.45) is 0. The van der Waals surface area contributed by atoms with Crippen LogP contribution in [0.4, 0.5) is 0 Å². The number of oxime groups is 1. The number of rotatable bonds is 3. The number of nitrogens with two attached hydrogens (primary N) is 1. The van der Waals surface area contributed by atoms with E-state index in [1.54, 1.807) is 17.8 Å². The van der Waals surface area contributed by atoms with Gasteiger partial charge in [-0.25, -0.2) is 0 Å². The lowest BCUT2D eigenvalue weighted by Gasteiger charge is -2.25. The van der Waals surface area contributed by atoms with Gasteiger partial charge in [0.1, 0.15) is 0 Å². The fourth-order valence-corrected chi connectivity index (χ4v) is 2.69. The lowest BCUT2D eigenvalue weighted by Crippen LogP contribution is -2.30. The third-order valence-electron chi connectivity index (χ3n) is 2.23. The van der Waals surface area contributed by atoms with Crippen LogP contribution in [-0.4, -0.2) is 29.5 Å². The van der Waals surface area contributed by atoms with E-state index in [9.17, 15) is 0 Å². The van der Waals surface area contributed by atoms with Crippen molar-refractivity contribution in [1.29, 1.82) is 0 Å². The molecule has 4 nitrogen and oxygen atoms in total. The Morgan fingerprint density at radius 2 is 2.31 bits per heavy atom. The van der Waals surface area contributed by atoms with Gasteiger partial charge in [0, 0.05) is 10.5 Å². The van der Waals surface area contributed by atoms with Crippen molar-refractivity contribution >= 4 is 29.2 Å². The van der Waals surface area contributed by atoms with E-state index >= 15 is 0 Å². The van der Waals surface area contributed by atoms with Crippen molar-refractivity contribution in [2.75, 3.05) is 13.2 Å². The molecule has 1 aromatic carbocycles. The zero-order valence-electron chi connectivity index (χ0n) is 8.39. The molecule has 0 aromatic heterocycles. The molecule has 1 aliphatic rings. The van der Waals surface area contributed by atoms with Crippen molar-refractivity contribution in [3.05, 3.63) is 28.8 Å². The second kappa shape index (κ2) is 4.95. The Kier molecular flexibility index (Phi) is 3.58. The molecule has 1 heterocycles. The fourth-order valence-electron chi connectivity index (χ4n) is 1.31. The summed E-state index contributed by atoms with van der Waals surface area (Å²) in [6.45, 7) is 1.56. The minimum atomic E-state index is 0.0218. The van der Waals surface area contributed by atoms with Crippen LogP contribution in [0.5, 0.6) is 0 Å². The van der Waals surface area contributed by atoms with E-state index in [4.69, 9.17) is 27.3 Å². The highest BCUT2D eigenvalue weighted by atomic mass is 35.5. The minimum Gasteiger partial charge on any atom is -0.409 e. The van der Waals surface area contributed by atoms with E-state index in [1.807, 2.05) is 12.1 Å². The second-order valence-electron chi connectivity index (χ2n) is 3.40. The normalized spacial score (nSPS) is 17.2. The summed E-state index contributed by atoms with van der Waals surface area (Å²) in [4.78, 5) is 1.06. The number of hydrogen-bond donors (Lipinski definition) is 2. The average Bonchev–Trinajstić information content (AvgIpc) is 2.23. The van der Waals surface area contributed by atoms with Crippen LogP contribution >= 0.6 is 23.4 Å². The fraction of sp³-hybridized carbons (Fsp3) is 0.300.